The second-order valence-electron chi connectivity index (χ2n) is 4.80. The predicted octanol–water partition coefficient (Wildman–Crippen LogP) is 2.43. The van der Waals surface area contributed by atoms with Gasteiger partial charge in [0.2, 0.25) is 5.91 Å². The second kappa shape index (κ2) is 5.24. The summed E-state index contributed by atoms with van der Waals surface area (Å²) in [5.74, 6) is 2.09. The molecule has 0 aliphatic rings. The number of rotatable bonds is 3. The number of aliphatic hydroxyl groups is 1. The molecule has 0 radical (unpaired) electrons. The van der Waals surface area contributed by atoms with E-state index >= 15 is 0 Å². The first-order chi connectivity index (χ1) is 8.31. The van der Waals surface area contributed by atoms with Gasteiger partial charge >= 0.3 is 0 Å². The van der Waals surface area contributed by atoms with Crippen LogP contribution >= 0.6 is 0 Å². The van der Waals surface area contributed by atoms with Gasteiger partial charge in [0, 0.05) is 18.2 Å². The Labute approximate surface area is 108 Å². The zero-order valence-electron chi connectivity index (χ0n) is 11.2. The molecule has 0 aliphatic carbocycles. The van der Waals surface area contributed by atoms with Crippen LogP contribution in [-0.2, 0) is 10.4 Å². The Hall–Kier alpha value is -1.79. The summed E-state index contributed by atoms with van der Waals surface area (Å²) in [6, 6.07) is 5.44. The molecular weight excluding hydrogens is 226 g/mol. The second-order valence-corrected chi connectivity index (χ2v) is 4.80. The molecule has 1 amide bonds. The van der Waals surface area contributed by atoms with Gasteiger partial charge in [0.15, 0.2) is 5.60 Å². The van der Waals surface area contributed by atoms with Crippen LogP contribution in [-0.4, -0.2) is 11.0 Å². The number of hydrogen-bond donors (Lipinski definition) is 2. The average Bonchev–Trinajstić information content (AvgIpc) is 2.29. The Bertz CT molecular complexity index is 500. The van der Waals surface area contributed by atoms with E-state index in [1.54, 1.807) is 6.07 Å². The minimum atomic E-state index is -1.39. The molecule has 0 heterocycles. The number of nitrogens with one attached hydrogen (secondary N) is 1. The maximum absolute atomic E-state index is 11.2. The van der Waals surface area contributed by atoms with E-state index in [2.05, 4.69) is 11.2 Å². The van der Waals surface area contributed by atoms with Gasteiger partial charge in [-0.05, 0) is 18.9 Å². The summed E-state index contributed by atoms with van der Waals surface area (Å²) in [5.41, 5.74) is 0.718. The molecule has 18 heavy (non-hydrogen) atoms. The fraction of sp³-hybridized carbons (Fsp3) is 0.400. The van der Waals surface area contributed by atoms with Gasteiger partial charge in [0.1, 0.15) is 0 Å². The molecule has 1 atom stereocenters. The fourth-order valence-corrected chi connectivity index (χ4v) is 1.83. The molecule has 3 nitrogen and oxygen atoms in total. The van der Waals surface area contributed by atoms with Crippen molar-refractivity contribution in [3.8, 4) is 12.3 Å². The zero-order chi connectivity index (χ0) is 13.9. The Morgan fingerprint density at radius 1 is 1.50 bits per heavy atom. The van der Waals surface area contributed by atoms with Crippen LogP contribution in [0.4, 0.5) is 5.69 Å². The van der Waals surface area contributed by atoms with Crippen LogP contribution in [0.1, 0.15) is 31.9 Å². The Kier molecular flexibility index (Phi) is 4.15. The first-order valence-corrected chi connectivity index (χ1v) is 5.90. The van der Waals surface area contributed by atoms with Crippen molar-refractivity contribution in [3.05, 3.63) is 29.3 Å². The number of amides is 1. The van der Waals surface area contributed by atoms with Gasteiger partial charge < -0.3 is 10.4 Å². The van der Waals surface area contributed by atoms with Crippen LogP contribution in [0, 0.1) is 25.2 Å². The van der Waals surface area contributed by atoms with Gasteiger partial charge in [-0.3, -0.25) is 4.79 Å². The van der Waals surface area contributed by atoms with Gasteiger partial charge in [-0.15, -0.1) is 6.42 Å². The Morgan fingerprint density at radius 3 is 2.56 bits per heavy atom. The van der Waals surface area contributed by atoms with E-state index in [4.69, 9.17) is 6.42 Å². The van der Waals surface area contributed by atoms with Crippen molar-refractivity contribution in [3.63, 3.8) is 0 Å². The molecule has 0 spiro atoms. The molecule has 0 saturated heterocycles. The zero-order valence-corrected chi connectivity index (χ0v) is 11.2. The average molecular weight is 245 g/mol. The molecule has 3 heteroatoms. The quantitative estimate of drug-likeness (QED) is 0.803. The van der Waals surface area contributed by atoms with E-state index < -0.39 is 5.60 Å². The van der Waals surface area contributed by atoms with Crippen molar-refractivity contribution in [2.75, 3.05) is 5.32 Å². The normalized spacial score (nSPS) is 13.8. The largest absolute Gasteiger partial charge is 0.373 e. The summed E-state index contributed by atoms with van der Waals surface area (Å²) in [4.78, 5) is 11.2. The van der Waals surface area contributed by atoms with Gasteiger partial charge in [-0.2, -0.15) is 0 Å². The lowest BCUT2D eigenvalue weighted by Crippen LogP contribution is -2.31. The molecular formula is C15H19NO2. The third-order valence-electron chi connectivity index (χ3n) is 2.95. The monoisotopic (exact) mass is 245 g/mol. The number of carbonyl (C=O) groups excluding carboxylic acids is 1. The first kappa shape index (κ1) is 14.3. The van der Waals surface area contributed by atoms with Crippen LogP contribution in [0.25, 0.3) is 0 Å². The number of hydrogen-bond acceptors (Lipinski definition) is 2. The number of terminal acetylenes is 1. The molecule has 0 fully saturated rings. The lowest BCUT2D eigenvalue weighted by atomic mass is 9.82. The van der Waals surface area contributed by atoms with Crippen molar-refractivity contribution in [2.24, 2.45) is 5.92 Å². The molecule has 96 valence electrons. The molecule has 0 aliphatic heterocycles. The van der Waals surface area contributed by atoms with E-state index in [0.717, 1.165) is 5.56 Å². The van der Waals surface area contributed by atoms with Gasteiger partial charge in [0.25, 0.3) is 0 Å². The van der Waals surface area contributed by atoms with E-state index in [1.165, 1.54) is 6.92 Å². The van der Waals surface area contributed by atoms with E-state index in [9.17, 15) is 9.90 Å². The van der Waals surface area contributed by atoms with Crippen molar-refractivity contribution in [2.45, 2.75) is 33.3 Å². The minimum absolute atomic E-state index is 0.156. The van der Waals surface area contributed by atoms with Crippen molar-refractivity contribution in [1.29, 1.82) is 0 Å². The summed E-state index contributed by atoms with van der Waals surface area (Å²) >= 11 is 0. The van der Waals surface area contributed by atoms with Crippen molar-refractivity contribution in [1.82, 2.24) is 0 Å². The summed E-state index contributed by atoms with van der Waals surface area (Å²) in [6.45, 7) is 7.03. The van der Waals surface area contributed by atoms with Gasteiger partial charge in [-0.25, -0.2) is 0 Å². The molecule has 2 N–H and O–H groups in total. The Balaban J connectivity index is 3.41. The van der Waals surface area contributed by atoms with Crippen LogP contribution in [0.2, 0.25) is 0 Å². The molecule has 0 saturated carbocycles. The summed E-state index contributed by atoms with van der Waals surface area (Å²) in [7, 11) is 0. The lowest BCUT2D eigenvalue weighted by Gasteiger charge is -2.29. The van der Waals surface area contributed by atoms with Crippen LogP contribution in [0.5, 0.6) is 0 Å². The summed E-state index contributed by atoms with van der Waals surface area (Å²) in [6.07, 6.45) is 5.48. The predicted molar refractivity (Wildman–Crippen MR) is 73.1 cm³/mol. The molecule has 1 rings (SSSR count). The lowest BCUT2D eigenvalue weighted by molar-refractivity contribution is -0.114. The van der Waals surface area contributed by atoms with E-state index in [-0.39, 0.29) is 11.8 Å². The first-order valence-electron chi connectivity index (χ1n) is 5.90. The molecule has 1 unspecified atom stereocenters. The highest BCUT2D eigenvalue weighted by Crippen LogP contribution is 2.34. The third-order valence-corrected chi connectivity index (χ3v) is 2.95. The Morgan fingerprint density at radius 2 is 2.11 bits per heavy atom. The van der Waals surface area contributed by atoms with Gasteiger partial charge in [-0.1, -0.05) is 37.5 Å². The van der Waals surface area contributed by atoms with Gasteiger partial charge in [0.05, 0.1) is 0 Å². The SMILES string of the molecule is C#CC(O)(c1cc(C)ccc1NC(C)=O)C(C)C. The molecule has 0 aromatic heterocycles. The highest BCUT2D eigenvalue weighted by molar-refractivity contribution is 5.90. The maximum Gasteiger partial charge on any atom is 0.221 e. The van der Waals surface area contributed by atoms with Crippen molar-refractivity contribution >= 4 is 11.6 Å². The molecule has 0 bridgehead atoms. The standard InChI is InChI=1S/C15H19NO2/c1-6-15(18,10(2)3)13-9-11(4)7-8-14(13)16-12(5)17/h1,7-10,18H,2-5H3,(H,16,17). The number of aryl methyl sites for hydroxylation is 1. The highest BCUT2D eigenvalue weighted by atomic mass is 16.3. The fourth-order valence-electron chi connectivity index (χ4n) is 1.83. The highest BCUT2D eigenvalue weighted by Gasteiger charge is 2.33. The summed E-state index contributed by atoms with van der Waals surface area (Å²) in [5, 5.41) is 13.3. The molecule has 1 aromatic carbocycles. The van der Waals surface area contributed by atoms with Crippen molar-refractivity contribution < 1.29 is 9.90 Å². The third kappa shape index (κ3) is 2.72. The van der Waals surface area contributed by atoms with Crippen LogP contribution in [0.15, 0.2) is 18.2 Å². The smallest absolute Gasteiger partial charge is 0.221 e. The maximum atomic E-state index is 11.2. The van der Waals surface area contributed by atoms with E-state index in [0.29, 0.717) is 11.3 Å². The molecule has 1 aromatic rings. The van der Waals surface area contributed by atoms with Crippen LogP contribution < -0.4 is 5.32 Å². The topological polar surface area (TPSA) is 49.3 Å². The number of carbonyl (C=O) groups is 1. The van der Waals surface area contributed by atoms with E-state index in [1.807, 2.05) is 32.9 Å². The van der Waals surface area contributed by atoms with Crippen LogP contribution in [0.3, 0.4) is 0 Å². The number of benzene rings is 1. The number of anilines is 1. The summed E-state index contributed by atoms with van der Waals surface area (Å²) < 4.78 is 0. The minimum Gasteiger partial charge on any atom is -0.373 e.